The van der Waals surface area contributed by atoms with E-state index in [1.54, 1.807) is 7.11 Å². The molecule has 90 valence electrons. The summed E-state index contributed by atoms with van der Waals surface area (Å²) in [4.78, 5) is 0. The van der Waals surface area contributed by atoms with Crippen molar-refractivity contribution in [1.82, 2.24) is 5.32 Å². The second-order valence-corrected chi connectivity index (χ2v) is 4.34. The van der Waals surface area contributed by atoms with Crippen LogP contribution in [0.25, 0.3) is 0 Å². The van der Waals surface area contributed by atoms with Crippen LogP contribution >= 0.6 is 0 Å². The molecule has 1 aromatic rings. The van der Waals surface area contributed by atoms with Gasteiger partial charge in [-0.2, -0.15) is 0 Å². The van der Waals surface area contributed by atoms with Gasteiger partial charge in [0.15, 0.2) is 0 Å². The fourth-order valence-corrected chi connectivity index (χ4v) is 2.19. The molecule has 0 spiro atoms. The van der Waals surface area contributed by atoms with Crippen LogP contribution in [0.1, 0.15) is 36.0 Å². The Morgan fingerprint density at radius 2 is 1.94 bits per heavy atom. The minimum atomic E-state index is 0.592. The third-order valence-electron chi connectivity index (χ3n) is 3.17. The van der Waals surface area contributed by atoms with Gasteiger partial charge >= 0.3 is 0 Å². The van der Waals surface area contributed by atoms with Crippen LogP contribution in [0.4, 0.5) is 0 Å². The number of likely N-dealkylation sites (N-methyl/N-ethyl adjacent to an activating group) is 1. The van der Waals surface area contributed by atoms with Gasteiger partial charge in [0.2, 0.25) is 0 Å². The zero-order chi connectivity index (χ0) is 12.1. The zero-order valence-electron chi connectivity index (χ0n) is 11.1. The molecule has 2 nitrogen and oxygen atoms in total. The number of ether oxygens (including phenoxy) is 1. The maximum Gasteiger partial charge on any atom is 0.122 e. The molecule has 0 bridgehead atoms. The number of hydrogen-bond acceptors (Lipinski definition) is 2. The number of methoxy groups -OCH3 is 1. The number of hydrogen-bond donors (Lipinski definition) is 1. The molecule has 0 aromatic heterocycles. The van der Waals surface area contributed by atoms with E-state index >= 15 is 0 Å². The molecule has 0 aliphatic carbocycles. The van der Waals surface area contributed by atoms with Crippen LogP contribution in [0.2, 0.25) is 0 Å². The lowest BCUT2D eigenvalue weighted by Gasteiger charge is -2.19. The van der Waals surface area contributed by atoms with E-state index < -0.39 is 0 Å². The van der Waals surface area contributed by atoms with E-state index in [2.05, 4.69) is 38.2 Å². The summed E-state index contributed by atoms with van der Waals surface area (Å²) in [6.07, 6.45) is 1.16. The molecular formula is C14H23NO. The first kappa shape index (κ1) is 13.0. The highest BCUT2D eigenvalue weighted by atomic mass is 16.5. The van der Waals surface area contributed by atoms with Crippen molar-refractivity contribution in [1.29, 1.82) is 0 Å². The van der Waals surface area contributed by atoms with Gasteiger partial charge in [-0.25, -0.2) is 0 Å². The molecule has 0 radical (unpaired) electrons. The van der Waals surface area contributed by atoms with Gasteiger partial charge in [0.05, 0.1) is 7.11 Å². The van der Waals surface area contributed by atoms with Gasteiger partial charge in [-0.3, -0.25) is 0 Å². The molecule has 1 atom stereocenters. The maximum atomic E-state index is 5.34. The van der Waals surface area contributed by atoms with E-state index in [1.165, 1.54) is 16.7 Å². The first-order valence-corrected chi connectivity index (χ1v) is 5.93. The van der Waals surface area contributed by atoms with Crippen molar-refractivity contribution in [3.05, 3.63) is 28.8 Å². The fourth-order valence-electron chi connectivity index (χ4n) is 2.19. The Balaban J connectivity index is 3.08. The summed E-state index contributed by atoms with van der Waals surface area (Å²) in [5.74, 6) is 1.58. The molecule has 1 unspecified atom stereocenters. The lowest BCUT2D eigenvalue weighted by Crippen LogP contribution is -2.17. The van der Waals surface area contributed by atoms with E-state index in [0.29, 0.717) is 5.92 Å². The molecule has 2 heteroatoms. The van der Waals surface area contributed by atoms with Crippen LogP contribution in [0.5, 0.6) is 5.75 Å². The Labute approximate surface area is 99.0 Å². The molecule has 0 fully saturated rings. The van der Waals surface area contributed by atoms with Crippen molar-refractivity contribution in [3.63, 3.8) is 0 Å². The Hall–Kier alpha value is -1.02. The van der Waals surface area contributed by atoms with Crippen molar-refractivity contribution >= 4 is 0 Å². The molecule has 0 saturated carbocycles. The Morgan fingerprint density at radius 1 is 1.25 bits per heavy atom. The first-order chi connectivity index (χ1) is 7.63. The van der Waals surface area contributed by atoms with Gasteiger partial charge in [0.1, 0.15) is 5.75 Å². The molecule has 0 saturated heterocycles. The third-order valence-corrected chi connectivity index (χ3v) is 3.17. The van der Waals surface area contributed by atoms with Crippen molar-refractivity contribution in [2.45, 2.75) is 33.1 Å². The quantitative estimate of drug-likeness (QED) is 0.825. The second kappa shape index (κ2) is 5.90. The molecule has 1 rings (SSSR count). The lowest BCUT2D eigenvalue weighted by atomic mass is 9.91. The van der Waals surface area contributed by atoms with E-state index in [1.807, 2.05) is 7.05 Å². The molecule has 16 heavy (non-hydrogen) atoms. The summed E-state index contributed by atoms with van der Waals surface area (Å²) in [6.45, 7) is 7.54. The molecule has 0 aliphatic rings. The predicted molar refractivity (Wildman–Crippen MR) is 69.4 cm³/mol. The lowest BCUT2D eigenvalue weighted by molar-refractivity contribution is 0.411. The highest BCUT2D eigenvalue weighted by Gasteiger charge is 2.13. The fraction of sp³-hybridized carbons (Fsp3) is 0.571. The van der Waals surface area contributed by atoms with E-state index in [-0.39, 0.29) is 0 Å². The second-order valence-electron chi connectivity index (χ2n) is 4.34. The van der Waals surface area contributed by atoms with Gasteiger partial charge in [0, 0.05) is 6.54 Å². The highest BCUT2D eigenvalue weighted by Crippen LogP contribution is 2.28. The van der Waals surface area contributed by atoms with Gasteiger partial charge in [-0.05, 0) is 56.0 Å². The monoisotopic (exact) mass is 221 g/mol. The van der Waals surface area contributed by atoms with Crippen molar-refractivity contribution in [2.24, 2.45) is 0 Å². The SMILES string of the molecule is CCC(CNC)c1cc(C)c(OC)cc1C. The van der Waals surface area contributed by atoms with Crippen molar-refractivity contribution < 1.29 is 4.74 Å². The number of nitrogens with one attached hydrogen (secondary N) is 1. The summed E-state index contributed by atoms with van der Waals surface area (Å²) >= 11 is 0. The average Bonchev–Trinajstić information content (AvgIpc) is 2.28. The summed E-state index contributed by atoms with van der Waals surface area (Å²) < 4.78 is 5.34. The summed E-state index contributed by atoms with van der Waals surface area (Å²) in [7, 11) is 3.74. The summed E-state index contributed by atoms with van der Waals surface area (Å²) in [6, 6.07) is 4.41. The van der Waals surface area contributed by atoms with Crippen molar-refractivity contribution in [2.75, 3.05) is 20.7 Å². The van der Waals surface area contributed by atoms with Crippen LogP contribution < -0.4 is 10.1 Å². The third kappa shape index (κ3) is 2.76. The summed E-state index contributed by atoms with van der Waals surface area (Å²) in [5.41, 5.74) is 3.98. The molecule has 1 aromatic carbocycles. The minimum absolute atomic E-state index is 0.592. The van der Waals surface area contributed by atoms with Crippen LogP contribution in [-0.2, 0) is 0 Å². The normalized spacial score (nSPS) is 12.6. The number of aryl methyl sites for hydroxylation is 2. The van der Waals surface area contributed by atoms with Gasteiger partial charge in [0.25, 0.3) is 0 Å². The predicted octanol–water partition coefficient (Wildman–Crippen LogP) is 3.03. The highest BCUT2D eigenvalue weighted by molar-refractivity contribution is 5.43. The number of rotatable bonds is 5. The standard InChI is InChI=1S/C14H23NO/c1-6-12(9-15-4)13-7-11(3)14(16-5)8-10(13)2/h7-8,12,15H,6,9H2,1-5H3. The zero-order valence-corrected chi connectivity index (χ0v) is 11.1. The Kier molecular flexibility index (Phi) is 4.81. The molecular weight excluding hydrogens is 198 g/mol. The van der Waals surface area contributed by atoms with Crippen LogP contribution in [0.3, 0.4) is 0 Å². The van der Waals surface area contributed by atoms with Gasteiger partial charge in [-0.15, -0.1) is 0 Å². The topological polar surface area (TPSA) is 21.3 Å². The van der Waals surface area contributed by atoms with Crippen LogP contribution in [0, 0.1) is 13.8 Å². The molecule has 0 heterocycles. The molecule has 1 N–H and O–H groups in total. The van der Waals surface area contributed by atoms with Crippen LogP contribution in [-0.4, -0.2) is 20.7 Å². The largest absolute Gasteiger partial charge is 0.496 e. The molecule has 0 aliphatic heterocycles. The minimum Gasteiger partial charge on any atom is -0.496 e. The van der Waals surface area contributed by atoms with E-state index in [0.717, 1.165) is 18.7 Å². The van der Waals surface area contributed by atoms with Crippen LogP contribution in [0.15, 0.2) is 12.1 Å². The van der Waals surface area contributed by atoms with E-state index in [9.17, 15) is 0 Å². The van der Waals surface area contributed by atoms with Gasteiger partial charge < -0.3 is 10.1 Å². The first-order valence-electron chi connectivity index (χ1n) is 5.93. The van der Waals surface area contributed by atoms with Gasteiger partial charge in [-0.1, -0.05) is 13.0 Å². The summed E-state index contributed by atoms with van der Waals surface area (Å²) in [5, 5.41) is 3.26. The average molecular weight is 221 g/mol. The van der Waals surface area contributed by atoms with E-state index in [4.69, 9.17) is 4.74 Å². The maximum absolute atomic E-state index is 5.34. The smallest absolute Gasteiger partial charge is 0.122 e. The molecule has 0 amide bonds. The Bertz CT molecular complexity index is 347. The number of benzene rings is 1. The Morgan fingerprint density at radius 3 is 2.44 bits per heavy atom. The van der Waals surface area contributed by atoms with Crippen molar-refractivity contribution in [3.8, 4) is 5.75 Å².